The van der Waals surface area contributed by atoms with E-state index >= 15 is 0 Å². The minimum atomic E-state index is -5.08. The number of alkyl halides is 3. The molecule has 0 spiro atoms. The first kappa shape index (κ1) is 25.3. The Balaban J connectivity index is 0.000000429. The number of halogens is 5. The minimum absolute atomic E-state index is 0.147. The van der Waals surface area contributed by atoms with E-state index in [0.717, 1.165) is 0 Å². The number of aromatic amines is 1. The Labute approximate surface area is 197 Å². The van der Waals surface area contributed by atoms with Crippen LogP contribution < -0.4 is 21.1 Å². The Kier molecular flexibility index (Phi) is 7.44. The Morgan fingerprint density at radius 2 is 1.91 bits per heavy atom. The summed E-state index contributed by atoms with van der Waals surface area (Å²) in [6.45, 7) is 0. The van der Waals surface area contributed by atoms with Crippen LogP contribution in [0.2, 0.25) is 5.02 Å². The zero-order chi connectivity index (χ0) is 25.8. The average Bonchev–Trinajstić information content (AvgIpc) is 3.16. The number of rotatable bonds is 5. The highest BCUT2D eigenvalue weighted by molar-refractivity contribution is 6.32. The van der Waals surface area contributed by atoms with Crippen LogP contribution in [0, 0.1) is 5.82 Å². The lowest BCUT2D eigenvalue weighted by atomic mass is 10.3. The van der Waals surface area contributed by atoms with Crippen molar-refractivity contribution >= 4 is 51.8 Å². The van der Waals surface area contributed by atoms with E-state index in [1.54, 1.807) is 24.3 Å². The van der Waals surface area contributed by atoms with Crippen molar-refractivity contribution in [3.63, 3.8) is 0 Å². The number of aliphatic carboxylic acids is 1. The smallest absolute Gasteiger partial charge is 0.490 e. The van der Waals surface area contributed by atoms with E-state index in [9.17, 15) is 22.4 Å². The number of nitrogens with one attached hydrogen (secondary N) is 3. The molecule has 0 amide bonds. The van der Waals surface area contributed by atoms with Gasteiger partial charge in [0.25, 0.3) is 0 Å². The molecule has 0 bridgehead atoms. The molecule has 4 N–H and O–H groups in total. The van der Waals surface area contributed by atoms with Crippen LogP contribution in [0.15, 0.2) is 51.8 Å². The number of methoxy groups -OCH3 is 1. The number of hydrogen-bond donors (Lipinski definition) is 4. The zero-order valence-electron chi connectivity index (χ0n) is 17.4. The maximum Gasteiger partial charge on any atom is 0.490 e. The number of hydrogen-bond acceptors (Lipinski definition) is 8. The summed E-state index contributed by atoms with van der Waals surface area (Å²) in [5.74, 6) is -2.96. The molecular weight excluding hydrogens is 502 g/mol. The summed E-state index contributed by atoms with van der Waals surface area (Å²) in [5, 5.41) is 13.2. The monoisotopic (exact) mass is 515 g/mol. The topological polar surface area (TPSA) is 142 Å². The SMILES string of the molecule is COc1ccc(Nc2ncc(Cl)c(Nc3ccc4oc(=O)[nH]c4c3)n2)c(F)c1.O=C(O)C(F)(F)F. The summed E-state index contributed by atoms with van der Waals surface area (Å²) in [5.41, 5.74) is 1.76. The van der Waals surface area contributed by atoms with Crippen molar-refractivity contribution < 1.29 is 36.6 Å². The molecule has 4 rings (SSSR count). The molecule has 0 unspecified atom stereocenters. The third-order valence-electron chi connectivity index (χ3n) is 4.09. The van der Waals surface area contributed by atoms with E-state index in [1.807, 2.05) is 0 Å². The van der Waals surface area contributed by atoms with Gasteiger partial charge in [-0.1, -0.05) is 11.6 Å². The minimum Gasteiger partial charge on any atom is -0.497 e. The van der Waals surface area contributed by atoms with Crippen LogP contribution >= 0.6 is 11.6 Å². The van der Waals surface area contributed by atoms with Gasteiger partial charge in [0.1, 0.15) is 16.6 Å². The van der Waals surface area contributed by atoms with Gasteiger partial charge in [0.2, 0.25) is 5.95 Å². The molecule has 35 heavy (non-hydrogen) atoms. The van der Waals surface area contributed by atoms with Crippen molar-refractivity contribution in [1.29, 1.82) is 0 Å². The number of fused-ring (bicyclic) bond motifs is 1. The number of H-pyrrole nitrogens is 1. The van der Waals surface area contributed by atoms with Gasteiger partial charge in [-0.15, -0.1) is 0 Å². The molecule has 0 radical (unpaired) electrons. The number of carboxylic acid groups (broad SMARTS) is 1. The van der Waals surface area contributed by atoms with Gasteiger partial charge < -0.3 is 24.9 Å². The highest BCUT2D eigenvalue weighted by Gasteiger charge is 2.38. The molecular formula is C20H14ClF4N5O5. The van der Waals surface area contributed by atoms with Crippen LogP contribution in [0.3, 0.4) is 0 Å². The van der Waals surface area contributed by atoms with Crippen molar-refractivity contribution in [3.8, 4) is 5.75 Å². The Hall–Kier alpha value is -4.33. The number of aromatic nitrogens is 3. The highest BCUT2D eigenvalue weighted by atomic mass is 35.5. The van der Waals surface area contributed by atoms with Gasteiger partial charge in [0.05, 0.1) is 24.5 Å². The lowest BCUT2D eigenvalue weighted by Crippen LogP contribution is -2.21. The maximum absolute atomic E-state index is 14.1. The van der Waals surface area contributed by atoms with E-state index in [4.69, 9.17) is 30.7 Å². The number of ether oxygens (including phenoxy) is 1. The summed E-state index contributed by atoms with van der Waals surface area (Å²) in [6.07, 6.45) is -3.70. The molecule has 2 aromatic carbocycles. The van der Waals surface area contributed by atoms with Gasteiger partial charge >= 0.3 is 17.9 Å². The molecule has 0 aliphatic rings. The van der Waals surface area contributed by atoms with Crippen LogP contribution in [0.5, 0.6) is 5.75 Å². The van der Waals surface area contributed by atoms with E-state index in [-0.39, 0.29) is 16.7 Å². The van der Waals surface area contributed by atoms with Gasteiger partial charge in [-0.25, -0.2) is 19.0 Å². The first-order valence-electron chi connectivity index (χ1n) is 9.29. The van der Waals surface area contributed by atoms with Crippen LogP contribution in [-0.4, -0.2) is 39.3 Å². The maximum atomic E-state index is 14.1. The Bertz CT molecular complexity index is 1420. The van der Waals surface area contributed by atoms with Crippen molar-refractivity contribution in [2.24, 2.45) is 0 Å². The molecule has 0 fully saturated rings. The molecule has 2 aromatic heterocycles. The third-order valence-corrected chi connectivity index (χ3v) is 4.37. The summed E-state index contributed by atoms with van der Waals surface area (Å²) >= 11 is 6.16. The second-order valence-corrected chi connectivity index (χ2v) is 6.92. The van der Waals surface area contributed by atoms with Gasteiger partial charge in [-0.3, -0.25) is 4.98 Å². The summed E-state index contributed by atoms with van der Waals surface area (Å²) < 4.78 is 55.8. The van der Waals surface area contributed by atoms with Crippen molar-refractivity contribution in [2.75, 3.05) is 17.7 Å². The molecule has 15 heteroatoms. The van der Waals surface area contributed by atoms with Crippen LogP contribution in [0.1, 0.15) is 0 Å². The van der Waals surface area contributed by atoms with Crippen LogP contribution in [-0.2, 0) is 4.79 Å². The zero-order valence-corrected chi connectivity index (χ0v) is 18.2. The Morgan fingerprint density at radius 3 is 2.54 bits per heavy atom. The van der Waals surface area contributed by atoms with Gasteiger partial charge in [0, 0.05) is 11.8 Å². The first-order valence-corrected chi connectivity index (χ1v) is 9.67. The van der Waals surface area contributed by atoms with Crippen molar-refractivity contribution in [1.82, 2.24) is 15.0 Å². The van der Waals surface area contributed by atoms with Crippen LogP contribution in [0.4, 0.5) is 40.7 Å². The summed E-state index contributed by atoms with van der Waals surface area (Å²) in [4.78, 5) is 31.1. The van der Waals surface area contributed by atoms with Crippen molar-refractivity contribution in [2.45, 2.75) is 6.18 Å². The number of carbonyl (C=O) groups is 1. The van der Waals surface area contributed by atoms with Crippen LogP contribution in [0.25, 0.3) is 11.1 Å². The average molecular weight is 516 g/mol. The third kappa shape index (κ3) is 6.60. The number of anilines is 4. The molecule has 0 saturated carbocycles. The Morgan fingerprint density at radius 1 is 1.20 bits per heavy atom. The summed E-state index contributed by atoms with van der Waals surface area (Å²) in [6, 6.07) is 9.39. The highest BCUT2D eigenvalue weighted by Crippen LogP contribution is 2.27. The normalized spacial score (nSPS) is 10.9. The second-order valence-electron chi connectivity index (χ2n) is 6.51. The lowest BCUT2D eigenvalue weighted by Gasteiger charge is -2.11. The molecule has 2 heterocycles. The lowest BCUT2D eigenvalue weighted by molar-refractivity contribution is -0.192. The van der Waals surface area contributed by atoms with Gasteiger partial charge in [-0.05, 0) is 30.3 Å². The largest absolute Gasteiger partial charge is 0.497 e. The molecule has 0 aliphatic heterocycles. The number of carboxylic acids is 1. The van der Waals surface area contributed by atoms with E-state index in [1.165, 1.54) is 25.4 Å². The molecule has 4 aromatic rings. The fourth-order valence-corrected chi connectivity index (χ4v) is 2.66. The fourth-order valence-electron chi connectivity index (χ4n) is 2.53. The predicted molar refractivity (Wildman–Crippen MR) is 117 cm³/mol. The molecule has 184 valence electrons. The number of oxazole rings is 1. The molecule has 10 nitrogen and oxygen atoms in total. The van der Waals surface area contributed by atoms with E-state index in [0.29, 0.717) is 28.4 Å². The molecule has 0 saturated heterocycles. The second kappa shape index (κ2) is 10.3. The standard InChI is InChI=1S/C18H13ClFN5O3.C2HF3O2/c1-27-10-3-4-13(12(20)7-10)23-17-21-8-11(19)16(25-17)22-9-2-5-15-14(6-9)24-18(26)28-15;3-2(4,5)1(6)7/h2-8H,1H3,(H,24,26)(H2,21,22,23,25);(H,6,7). The fraction of sp³-hybridized carbons (Fsp3) is 0.100. The quantitative estimate of drug-likeness (QED) is 0.275. The first-order chi connectivity index (χ1) is 16.5. The van der Waals surface area contributed by atoms with Gasteiger partial charge in [0.15, 0.2) is 11.4 Å². The molecule has 0 aliphatic carbocycles. The van der Waals surface area contributed by atoms with Gasteiger partial charge in [-0.2, -0.15) is 18.2 Å². The molecule has 0 atom stereocenters. The van der Waals surface area contributed by atoms with E-state index in [2.05, 4.69) is 25.6 Å². The van der Waals surface area contributed by atoms with E-state index < -0.39 is 23.7 Å². The summed E-state index contributed by atoms with van der Waals surface area (Å²) in [7, 11) is 1.46. The number of benzene rings is 2. The predicted octanol–water partition coefficient (Wildman–Crippen LogP) is 4.83. The van der Waals surface area contributed by atoms with Crippen molar-refractivity contribution in [3.05, 3.63) is 64.0 Å². The number of nitrogens with zero attached hydrogens (tertiary/aromatic N) is 2.